The molecule has 1 saturated heterocycles. The monoisotopic (exact) mass is 215 g/mol. The van der Waals surface area contributed by atoms with Gasteiger partial charge in [-0.2, -0.15) is 0 Å². The highest BCUT2D eigenvalue weighted by Crippen LogP contribution is 2.14. The molecule has 15 heavy (non-hydrogen) atoms. The molecule has 0 amide bonds. The summed E-state index contributed by atoms with van der Waals surface area (Å²) in [6, 6.07) is 0. The van der Waals surface area contributed by atoms with Crippen molar-refractivity contribution in [1.29, 1.82) is 0 Å². The smallest absolute Gasteiger partial charge is 0.157 e. The highest BCUT2D eigenvalue weighted by molar-refractivity contribution is 4.67. The summed E-state index contributed by atoms with van der Waals surface area (Å²) >= 11 is 0. The average molecular weight is 215 g/mol. The Kier molecular flexibility index (Phi) is 5.58. The Morgan fingerprint density at radius 2 is 1.67 bits per heavy atom. The van der Waals surface area contributed by atoms with E-state index in [0.717, 1.165) is 19.5 Å². The Labute approximate surface area is 93.7 Å². The van der Waals surface area contributed by atoms with Crippen LogP contribution in [0, 0.1) is 0 Å². The summed E-state index contributed by atoms with van der Waals surface area (Å²) in [4.78, 5) is 2.37. The number of hydrogen-bond donors (Lipinski definition) is 0. The molecule has 0 aliphatic carbocycles. The maximum absolute atomic E-state index is 5.81. The fourth-order valence-electron chi connectivity index (χ4n) is 1.92. The molecule has 0 bridgehead atoms. The van der Waals surface area contributed by atoms with E-state index >= 15 is 0 Å². The molecule has 90 valence electrons. The van der Waals surface area contributed by atoms with Gasteiger partial charge in [-0.25, -0.2) is 0 Å². The van der Waals surface area contributed by atoms with E-state index in [1.807, 2.05) is 6.92 Å². The van der Waals surface area contributed by atoms with E-state index in [9.17, 15) is 0 Å². The summed E-state index contributed by atoms with van der Waals surface area (Å²) in [6.45, 7) is 10.6. The molecule has 1 aliphatic heterocycles. The molecule has 0 aromatic heterocycles. The summed E-state index contributed by atoms with van der Waals surface area (Å²) < 4.78 is 11.5. The van der Waals surface area contributed by atoms with Gasteiger partial charge in [0.15, 0.2) is 6.29 Å². The normalized spacial score (nSPS) is 24.0. The molecule has 1 fully saturated rings. The van der Waals surface area contributed by atoms with Crippen LogP contribution in [0.5, 0.6) is 0 Å². The molecule has 0 aromatic carbocycles. The van der Waals surface area contributed by atoms with Crippen molar-refractivity contribution in [2.24, 2.45) is 0 Å². The van der Waals surface area contributed by atoms with E-state index < -0.39 is 0 Å². The Hall–Kier alpha value is -0.120. The van der Waals surface area contributed by atoms with Crippen molar-refractivity contribution in [3.05, 3.63) is 0 Å². The van der Waals surface area contributed by atoms with Crippen LogP contribution >= 0.6 is 0 Å². The Balaban J connectivity index is 2.20. The van der Waals surface area contributed by atoms with Gasteiger partial charge in [0.25, 0.3) is 0 Å². The third-order valence-electron chi connectivity index (χ3n) is 3.04. The van der Waals surface area contributed by atoms with Gasteiger partial charge in [-0.1, -0.05) is 6.92 Å². The van der Waals surface area contributed by atoms with Gasteiger partial charge in [0, 0.05) is 13.1 Å². The lowest BCUT2D eigenvalue weighted by Gasteiger charge is -2.28. The van der Waals surface area contributed by atoms with E-state index in [0.29, 0.717) is 0 Å². The molecule has 3 nitrogen and oxygen atoms in total. The first kappa shape index (κ1) is 12.9. The van der Waals surface area contributed by atoms with Gasteiger partial charge in [0.1, 0.15) is 6.23 Å². The molecule has 3 atom stereocenters. The molecule has 0 saturated carbocycles. The first-order valence-corrected chi connectivity index (χ1v) is 6.18. The minimum absolute atomic E-state index is 0.101. The zero-order valence-corrected chi connectivity index (χ0v) is 10.5. The molecule has 0 N–H and O–H groups in total. The van der Waals surface area contributed by atoms with Crippen LogP contribution in [0.25, 0.3) is 0 Å². The van der Waals surface area contributed by atoms with E-state index in [1.54, 1.807) is 0 Å². The summed E-state index contributed by atoms with van der Waals surface area (Å²) in [7, 11) is 0. The summed E-state index contributed by atoms with van der Waals surface area (Å²) in [6.07, 6.45) is 4.00. The number of likely N-dealkylation sites (tertiary alicyclic amines) is 1. The molecule has 0 radical (unpaired) electrons. The van der Waals surface area contributed by atoms with Crippen molar-refractivity contribution in [3.8, 4) is 0 Å². The van der Waals surface area contributed by atoms with Crippen molar-refractivity contribution in [1.82, 2.24) is 4.90 Å². The van der Waals surface area contributed by atoms with Crippen LogP contribution in [-0.2, 0) is 9.47 Å². The Bertz CT molecular complexity index is 169. The fraction of sp³-hybridized carbons (Fsp3) is 1.00. The maximum Gasteiger partial charge on any atom is 0.157 e. The topological polar surface area (TPSA) is 21.7 Å². The first-order chi connectivity index (χ1) is 7.13. The van der Waals surface area contributed by atoms with Crippen LogP contribution in [0.4, 0.5) is 0 Å². The Morgan fingerprint density at radius 1 is 1.07 bits per heavy atom. The van der Waals surface area contributed by atoms with Crippen molar-refractivity contribution in [3.63, 3.8) is 0 Å². The first-order valence-electron chi connectivity index (χ1n) is 6.18. The quantitative estimate of drug-likeness (QED) is 0.636. The van der Waals surface area contributed by atoms with Gasteiger partial charge in [-0.15, -0.1) is 0 Å². The standard InChI is InChI=1S/C12H25NO2/c1-5-10(2)14-12(4)15-11(3)13-8-6-7-9-13/h10-12H,5-9H2,1-4H3. The van der Waals surface area contributed by atoms with Crippen molar-refractivity contribution in [2.45, 2.75) is 65.6 Å². The highest BCUT2D eigenvalue weighted by Gasteiger charge is 2.20. The highest BCUT2D eigenvalue weighted by atomic mass is 16.7. The Morgan fingerprint density at radius 3 is 2.20 bits per heavy atom. The van der Waals surface area contributed by atoms with E-state index in [1.165, 1.54) is 12.8 Å². The number of nitrogens with zero attached hydrogens (tertiary/aromatic N) is 1. The number of ether oxygens (including phenoxy) is 2. The van der Waals surface area contributed by atoms with Crippen LogP contribution in [0.2, 0.25) is 0 Å². The second-order valence-electron chi connectivity index (χ2n) is 4.40. The lowest BCUT2D eigenvalue weighted by atomic mass is 10.3. The van der Waals surface area contributed by atoms with E-state index in [4.69, 9.17) is 9.47 Å². The molecule has 1 rings (SSSR count). The zero-order chi connectivity index (χ0) is 11.3. The van der Waals surface area contributed by atoms with Gasteiger partial charge in [0.05, 0.1) is 6.10 Å². The van der Waals surface area contributed by atoms with Crippen LogP contribution in [0.15, 0.2) is 0 Å². The van der Waals surface area contributed by atoms with Gasteiger partial charge in [-0.3, -0.25) is 4.90 Å². The van der Waals surface area contributed by atoms with Crippen LogP contribution in [-0.4, -0.2) is 36.6 Å². The SMILES string of the molecule is CCC(C)OC(C)OC(C)N1CCCC1. The van der Waals surface area contributed by atoms with E-state index in [-0.39, 0.29) is 18.6 Å². The third kappa shape index (κ3) is 4.49. The van der Waals surface area contributed by atoms with Gasteiger partial charge >= 0.3 is 0 Å². The van der Waals surface area contributed by atoms with Crippen molar-refractivity contribution < 1.29 is 9.47 Å². The average Bonchev–Trinajstić information content (AvgIpc) is 2.70. The maximum atomic E-state index is 5.81. The van der Waals surface area contributed by atoms with Gasteiger partial charge < -0.3 is 9.47 Å². The molecule has 1 heterocycles. The largest absolute Gasteiger partial charge is 0.350 e. The minimum Gasteiger partial charge on any atom is -0.350 e. The second kappa shape index (κ2) is 6.46. The molecular formula is C12H25NO2. The zero-order valence-electron chi connectivity index (χ0n) is 10.5. The predicted molar refractivity (Wildman–Crippen MR) is 61.7 cm³/mol. The summed E-state index contributed by atoms with van der Waals surface area (Å²) in [5.74, 6) is 0. The number of rotatable bonds is 6. The molecule has 0 aromatic rings. The summed E-state index contributed by atoms with van der Waals surface area (Å²) in [5, 5.41) is 0. The van der Waals surface area contributed by atoms with Gasteiger partial charge in [0.2, 0.25) is 0 Å². The molecule has 0 spiro atoms. The van der Waals surface area contributed by atoms with Crippen molar-refractivity contribution >= 4 is 0 Å². The van der Waals surface area contributed by atoms with Crippen molar-refractivity contribution in [2.75, 3.05) is 13.1 Å². The molecule has 3 heteroatoms. The lowest BCUT2D eigenvalue weighted by molar-refractivity contribution is -0.206. The van der Waals surface area contributed by atoms with Crippen LogP contribution < -0.4 is 0 Å². The van der Waals surface area contributed by atoms with Crippen LogP contribution in [0.1, 0.15) is 47.0 Å². The number of hydrogen-bond acceptors (Lipinski definition) is 3. The predicted octanol–water partition coefficient (Wildman–Crippen LogP) is 2.61. The summed E-state index contributed by atoms with van der Waals surface area (Å²) in [5.41, 5.74) is 0. The second-order valence-corrected chi connectivity index (χ2v) is 4.40. The molecule has 1 aliphatic rings. The van der Waals surface area contributed by atoms with Crippen LogP contribution in [0.3, 0.4) is 0 Å². The molecular weight excluding hydrogens is 190 g/mol. The third-order valence-corrected chi connectivity index (χ3v) is 3.04. The fourth-order valence-corrected chi connectivity index (χ4v) is 1.92. The molecule has 3 unspecified atom stereocenters. The van der Waals surface area contributed by atoms with E-state index in [2.05, 4.69) is 25.7 Å². The van der Waals surface area contributed by atoms with Gasteiger partial charge in [-0.05, 0) is 40.0 Å². The lowest BCUT2D eigenvalue weighted by Crippen LogP contribution is -2.36. The minimum atomic E-state index is -0.101.